The Kier molecular flexibility index (Phi) is 5.93. The molecule has 154 valence electrons. The number of nitrogens with one attached hydrogen (secondary N) is 1. The SMILES string of the molecule is Cc1cccc(C)c1OCC(=O)Nc1ccc(-c2ccc(N3CCCC3)nn2)cc1. The van der Waals surface area contributed by atoms with Gasteiger partial charge in [0, 0.05) is 24.3 Å². The maximum atomic E-state index is 12.3. The smallest absolute Gasteiger partial charge is 0.262 e. The number of para-hydroxylation sites is 1. The highest BCUT2D eigenvalue weighted by Crippen LogP contribution is 2.24. The number of carbonyl (C=O) groups is 1. The first-order valence-corrected chi connectivity index (χ1v) is 10.3. The number of hydrogen-bond donors (Lipinski definition) is 1. The molecule has 6 heteroatoms. The van der Waals surface area contributed by atoms with Gasteiger partial charge in [-0.3, -0.25) is 4.79 Å². The van der Waals surface area contributed by atoms with Gasteiger partial charge < -0.3 is 15.0 Å². The highest BCUT2D eigenvalue weighted by Gasteiger charge is 2.14. The first kappa shape index (κ1) is 19.9. The normalized spacial score (nSPS) is 13.3. The Labute approximate surface area is 176 Å². The molecule has 4 rings (SSSR count). The summed E-state index contributed by atoms with van der Waals surface area (Å²) in [7, 11) is 0. The number of ether oxygens (including phenoxy) is 1. The number of hydrogen-bond acceptors (Lipinski definition) is 5. The molecule has 1 aliphatic rings. The molecule has 2 heterocycles. The van der Waals surface area contributed by atoms with Crippen LogP contribution in [-0.2, 0) is 4.79 Å². The summed E-state index contributed by atoms with van der Waals surface area (Å²) in [5.41, 5.74) is 4.53. The van der Waals surface area contributed by atoms with Gasteiger partial charge in [-0.1, -0.05) is 30.3 Å². The van der Waals surface area contributed by atoms with Gasteiger partial charge in [-0.2, -0.15) is 0 Å². The quantitative estimate of drug-likeness (QED) is 0.663. The molecule has 0 atom stereocenters. The Morgan fingerprint density at radius 1 is 0.967 bits per heavy atom. The molecular weight excluding hydrogens is 376 g/mol. The van der Waals surface area contributed by atoms with E-state index in [1.165, 1.54) is 12.8 Å². The summed E-state index contributed by atoms with van der Waals surface area (Å²) in [4.78, 5) is 14.5. The zero-order valence-corrected chi connectivity index (χ0v) is 17.4. The molecule has 1 saturated heterocycles. The second-order valence-corrected chi connectivity index (χ2v) is 7.61. The lowest BCUT2D eigenvalue weighted by atomic mass is 10.1. The highest BCUT2D eigenvalue weighted by molar-refractivity contribution is 5.92. The van der Waals surface area contributed by atoms with Crippen LogP contribution >= 0.6 is 0 Å². The van der Waals surface area contributed by atoms with Crippen LogP contribution in [0.5, 0.6) is 5.75 Å². The van der Waals surface area contributed by atoms with E-state index in [-0.39, 0.29) is 12.5 Å². The molecule has 0 unspecified atom stereocenters. The molecule has 0 spiro atoms. The minimum Gasteiger partial charge on any atom is -0.483 e. The third-order valence-electron chi connectivity index (χ3n) is 5.30. The lowest BCUT2D eigenvalue weighted by molar-refractivity contribution is -0.118. The Hall–Kier alpha value is -3.41. The van der Waals surface area contributed by atoms with Gasteiger partial charge in [0.05, 0.1) is 5.69 Å². The molecule has 3 aromatic rings. The molecule has 30 heavy (non-hydrogen) atoms. The van der Waals surface area contributed by atoms with Gasteiger partial charge in [0.2, 0.25) is 0 Å². The molecule has 0 bridgehead atoms. The van der Waals surface area contributed by atoms with Crippen molar-refractivity contribution in [2.75, 3.05) is 29.9 Å². The first-order valence-electron chi connectivity index (χ1n) is 10.3. The van der Waals surface area contributed by atoms with Gasteiger partial charge in [0.25, 0.3) is 5.91 Å². The predicted octanol–water partition coefficient (Wildman–Crippen LogP) is 4.38. The molecule has 0 saturated carbocycles. The number of benzene rings is 2. The van der Waals surface area contributed by atoms with Gasteiger partial charge in [0.1, 0.15) is 5.75 Å². The van der Waals surface area contributed by atoms with Crippen LogP contribution in [-0.4, -0.2) is 35.8 Å². The molecule has 1 N–H and O–H groups in total. The molecule has 0 aliphatic carbocycles. The number of rotatable bonds is 6. The average Bonchev–Trinajstić information content (AvgIpc) is 3.29. The number of amides is 1. The number of aromatic nitrogens is 2. The zero-order chi connectivity index (χ0) is 20.9. The van der Waals surface area contributed by atoms with Gasteiger partial charge in [-0.25, -0.2) is 0 Å². The molecule has 1 fully saturated rings. The van der Waals surface area contributed by atoms with Crippen LogP contribution in [0, 0.1) is 13.8 Å². The Morgan fingerprint density at radius 3 is 2.30 bits per heavy atom. The summed E-state index contributed by atoms with van der Waals surface area (Å²) >= 11 is 0. The van der Waals surface area contributed by atoms with E-state index in [0.717, 1.165) is 52.7 Å². The van der Waals surface area contributed by atoms with E-state index in [4.69, 9.17) is 4.74 Å². The molecule has 6 nitrogen and oxygen atoms in total. The Morgan fingerprint density at radius 2 is 1.67 bits per heavy atom. The van der Waals surface area contributed by atoms with E-state index in [2.05, 4.69) is 20.4 Å². The first-order chi connectivity index (χ1) is 14.6. The Bertz CT molecular complexity index is 990. The minimum atomic E-state index is -0.194. The fourth-order valence-electron chi connectivity index (χ4n) is 3.68. The number of aryl methyl sites for hydroxylation is 2. The van der Waals surface area contributed by atoms with Crippen LogP contribution in [0.1, 0.15) is 24.0 Å². The van der Waals surface area contributed by atoms with Crippen LogP contribution in [0.3, 0.4) is 0 Å². The van der Waals surface area contributed by atoms with E-state index in [9.17, 15) is 4.79 Å². The van der Waals surface area contributed by atoms with Crippen molar-refractivity contribution in [2.45, 2.75) is 26.7 Å². The molecule has 1 aliphatic heterocycles. The average molecular weight is 402 g/mol. The van der Waals surface area contributed by atoms with Crippen molar-refractivity contribution >= 4 is 17.4 Å². The van der Waals surface area contributed by atoms with Crippen molar-refractivity contribution in [1.82, 2.24) is 10.2 Å². The monoisotopic (exact) mass is 402 g/mol. The van der Waals surface area contributed by atoms with Gasteiger partial charge in [-0.15, -0.1) is 10.2 Å². The van der Waals surface area contributed by atoms with Gasteiger partial charge in [-0.05, 0) is 62.1 Å². The highest BCUT2D eigenvalue weighted by atomic mass is 16.5. The molecule has 0 radical (unpaired) electrons. The standard InChI is InChI=1S/C24H26N4O2/c1-17-6-5-7-18(2)24(17)30-16-23(29)25-20-10-8-19(9-11-20)21-12-13-22(27-26-21)28-14-3-4-15-28/h5-13H,3-4,14-16H2,1-2H3,(H,25,29). The lowest BCUT2D eigenvalue weighted by Gasteiger charge is -2.15. The van der Waals surface area contributed by atoms with E-state index in [0.29, 0.717) is 0 Å². The van der Waals surface area contributed by atoms with Gasteiger partial charge in [0.15, 0.2) is 12.4 Å². The summed E-state index contributed by atoms with van der Waals surface area (Å²) in [5, 5.41) is 11.6. The second kappa shape index (κ2) is 8.95. The van der Waals surface area contributed by atoms with Crippen molar-refractivity contribution in [3.8, 4) is 17.0 Å². The zero-order valence-electron chi connectivity index (χ0n) is 17.4. The van der Waals surface area contributed by atoms with Crippen LogP contribution in [0.15, 0.2) is 54.6 Å². The summed E-state index contributed by atoms with van der Waals surface area (Å²) in [6, 6.07) is 17.5. The van der Waals surface area contributed by atoms with Crippen LogP contribution in [0.2, 0.25) is 0 Å². The second-order valence-electron chi connectivity index (χ2n) is 7.61. The summed E-state index contributed by atoms with van der Waals surface area (Å²) < 4.78 is 5.71. The van der Waals surface area contributed by atoms with Crippen molar-refractivity contribution in [3.63, 3.8) is 0 Å². The molecule has 2 aromatic carbocycles. The topological polar surface area (TPSA) is 67.3 Å². The number of carbonyl (C=O) groups excluding carboxylic acids is 1. The van der Waals surface area contributed by atoms with E-state index in [1.807, 2.05) is 68.4 Å². The molecule has 1 amide bonds. The molecular formula is C24H26N4O2. The maximum absolute atomic E-state index is 12.3. The number of anilines is 2. The third-order valence-corrected chi connectivity index (χ3v) is 5.30. The van der Waals surface area contributed by atoms with E-state index >= 15 is 0 Å². The van der Waals surface area contributed by atoms with Crippen molar-refractivity contribution in [3.05, 3.63) is 65.7 Å². The van der Waals surface area contributed by atoms with Crippen LogP contribution in [0.4, 0.5) is 11.5 Å². The summed E-state index contributed by atoms with van der Waals surface area (Å²) in [5.74, 6) is 1.50. The Balaban J connectivity index is 1.34. The van der Waals surface area contributed by atoms with E-state index < -0.39 is 0 Å². The minimum absolute atomic E-state index is 0.0309. The van der Waals surface area contributed by atoms with Crippen molar-refractivity contribution < 1.29 is 9.53 Å². The fourth-order valence-corrected chi connectivity index (χ4v) is 3.68. The third kappa shape index (κ3) is 4.59. The summed E-state index contributed by atoms with van der Waals surface area (Å²) in [6.45, 7) is 6.01. The van der Waals surface area contributed by atoms with Gasteiger partial charge >= 0.3 is 0 Å². The van der Waals surface area contributed by atoms with E-state index in [1.54, 1.807) is 0 Å². The van der Waals surface area contributed by atoms with Crippen molar-refractivity contribution in [1.29, 1.82) is 0 Å². The fraction of sp³-hybridized carbons (Fsp3) is 0.292. The van der Waals surface area contributed by atoms with Crippen LogP contribution in [0.25, 0.3) is 11.3 Å². The maximum Gasteiger partial charge on any atom is 0.262 e. The lowest BCUT2D eigenvalue weighted by Crippen LogP contribution is -2.20. The molecule has 1 aromatic heterocycles. The van der Waals surface area contributed by atoms with Crippen LogP contribution < -0.4 is 15.0 Å². The summed E-state index contributed by atoms with van der Waals surface area (Å²) in [6.07, 6.45) is 2.43. The van der Waals surface area contributed by atoms with Crippen molar-refractivity contribution in [2.24, 2.45) is 0 Å². The largest absolute Gasteiger partial charge is 0.483 e. The number of nitrogens with zero attached hydrogens (tertiary/aromatic N) is 3. The predicted molar refractivity (Wildman–Crippen MR) is 119 cm³/mol.